The molecule has 0 fully saturated rings. The van der Waals surface area contributed by atoms with Gasteiger partial charge in [-0.3, -0.25) is 28.3 Å². The second-order valence-electron chi connectivity index (χ2n) is 11.1. The van der Waals surface area contributed by atoms with Crippen LogP contribution in [0.2, 0.25) is 5.02 Å². The third-order valence-electron chi connectivity index (χ3n) is 8.67. The predicted octanol–water partition coefficient (Wildman–Crippen LogP) is 2.05. The first kappa shape index (κ1) is 30.0. The summed E-state index contributed by atoms with van der Waals surface area (Å²) in [5.41, 5.74) is 3.19. The molecule has 1 aliphatic carbocycles. The van der Waals surface area contributed by atoms with Crippen molar-refractivity contribution in [3.63, 3.8) is 0 Å². The molecule has 0 radical (unpaired) electrons. The third kappa shape index (κ3) is 4.17. The van der Waals surface area contributed by atoms with Crippen molar-refractivity contribution in [2.45, 2.75) is 24.9 Å². The van der Waals surface area contributed by atoms with Gasteiger partial charge in [0.1, 0.15) is 33.7 Å². The van der Waals surface area contributed by atoms with Gasteiger partial charge in [-0.05, 0) is 24.1 Å². The molecule has 0 bridgehead atoms. The van der Waals surface area contributed by atoms with Crippen molar-refractivity contribution in [2.24, 2.45) is 25.7 Å². The minimum Gasteiger partial charge on any atom is -0.496 e. The fourth-order valence-electron chi connectivity index (χ4n) is 6.43. The van der Waals surface area contributed by atoms with E-state index in [0.29, 0.717) is 17.0 Å². The number of fused-ring (bicyclic) bond motifs is 2. The first-order chi connectivity index (χ1) is 21.4. The Labute approximate surface area is 261 Å². The number of Topliss-reactive ketones (excluding diaryl/α,β-unsaturated/α-hetero) is 2. The maximum absolute atomic E-state index is 14.9. The summed E-state index contributed by atoms with van der Waals surface area (Å²) >= 11 is 6.60. The van der Waals surface area contributed by atoms with Crippen molar-refractivity contribution in [1.82, 2.24) is 9.13 Å². The maximum Gasteiger partial charge on any atom is 0.332 e. The highest BCUT2D eigenvalue weighted by molar-refractivity contribution is 6.36. The molecule has 0 saturated heterocycles. The number of hydrogen-bond acceptors (Lipinski definition) is 10. The van der Waals surface area contributed by atoms with E-state index in [0.717, 1.165) is 4.57 Å². The molecule has 3 atom stereocenters. The number of rotatable bonds is 6. The number of halogens is 1. The maximum atomic E-state index is 14.9. The quantitative estimate of drug-likeness (QED) is 0.382. The van der Waals surface area contributed by atoms with Gasteiger partial charge >= 0.3 is 5.69 Å². The number of primary amides is 1. The number of carbonyl (C=O) groups excluding carboxylic acids is 3. The molecule has 3 aromatic rings. The molecule has 2 aliphatic heterocycles. The van der Waals surface area contributed by atoms with Gasteiger partial charge in [-0.15, -0.1) is 0 Å². The van der Waals surface area contributed by atoms with E-state index in [-0.39, 0.29) is 57.8 Å². The van der Waals surface area contributed by atoms with E-state index in [2.05, 4.69) is 5.32 Å². The molecule has 1 amide bonds. The fourth-order valence-corrected chi connectivity index (χ4v) is 6.70. The lowest BCUT2D eigenvalue weighted by Gasteiger charge is -2.42. The molecule has 45 heavy (non-hydrogen) atoms. The van der Waals surface area contributed by atoms with Crippen LogP contribution < -0.4 is 41.2 Å². The predicted molar refractivity (Wildman–Crippen MR) is 162 cm³/mol. The Morgan fingerprint density at radius 2 is 1.73 bits per heavy atom. The molecule has 2 aromatic carbocycles. The molecule has 6 rings (SSSR count). The van der Waals surface area contributed by atoms with Crippen molar-refractivity contribution in [1.29, 1.82) is 0 Å². The Hall–Kier alpha value is -5.04. The molecule has 1 spiro atoms. The highest BCUT2D eigenvalue weighted by atomic mass is 35.5. The van der Waals surface area contributed by atoms with E-state index in [1.807, 2.05) is 0 Å². The molecule has 3 aliphatic rings. The number of ether oxygens (including phenoxy) is 4. The molecule has 3 heterocycles. The lowest BCUT2D eigenvalue weighted by atomic mass is 9.66. The summed E-state index contributed by atoms with van der Waals surface area (Å²) in [5.74, 6) is -2.82. The Kier molecular flexibility index (Phi) is 7.03. The number of ketones is 2. The topological polar surface area (TPSA) is 170 Å². The summed E-state index contributed by atoms with van der Waals surface area (Å²) in [4.78, 5) is 67.2. The SMILES string of the molecule is COc1cc(OC)c2c(c1Cl)O[C@@]1(C(=O)C3=C(C[C@H]1C)Nc1c(c(=O)n(C)c(=O)n1C)[C@@H]3c1ccc(OCC(N)=O)cc1)C2=O. The van der Waals surface area contributed by atoms with Crippen LogP contribution >= 0.6 is 11.6 Å². The Balaban J connectivity index is 1.56. The molecule has 1 aromatic heterocycles. The molecule has 0 unspecified atom stereocenters. The van der Waals surface area contributed by atoms with E-state index in [4.69, 9.17) is 36.3 Å². The number of amides is 1. The van der Waals surface area contributed by atoms with Gasteiger partial charge in [-0.1, -0.05) is 30.7 Å². The third-order valence-corrected chi connectivity index (χ3v) is 9.03. The van der Waals surface area contributed by atoms with Crippen LogP contribution in [0.3, 0.4) is 0 Å². The van der Waals surface area contributed by atoms with Gasteiger partial charge in [0, 0.05) is 43.3 Å². The van der Waals surface area contributed by atoms with Crippen LogP contribution in [0.15, 0.2) is 51.2 Å². The molecule has 234 valence electrons. The van der Waals surface area contributed by atoms with E-state index >= 15 is 0 Å². The van der Waals surface area contributed by atoms with Gasteiger partial charge in [0.25, 0.3) is 11.5 Å². The second-order valence-corrected chi connectivity index (χ2v) is 11.5. The Morgan fingerprint density at radius 3 is 2.36 bits per heavy atom. The van der Waals surface area contributed by atoms with Crippen LogP contribution in [-0.2, 0) is 23.7 Å². The normalized spacial score (nSPS) is 21.5. The zero-order valence-electron chi connectivity index (χ0n) is 25.0. The number of carbonyl (C=O) groups is 3. The monoisotopic (exact) mass is 636 g/mol. The molecule has 0 saturated carbocycles. The number of aromatic nitrogens is 2. The van der Waals surface area contributed by atoms with Crippen molar-refractivity contribution in [2.75, 3.05) is 26.1 Å². The average Bonchev–Trinajstić information content (AvgIpc) is 3.34. The fraction of sp³-hybridized carbons (Fsp3) is 0.323. The Morgan fingerprint density at radius 1 is 1.07 bits per heavy atom. The van der Waals surface area contributed by atoms with Gasteiger partial charge in [0.05, 0.1) is 19.8 Å². The summed E-state index contributed by atoms with van der Waals surface area (Å²) < 4.78 is 24.8. The standard InChI is InChI=1S/C31H29ClN4O9/c1-13-10-16-21(26(38)31(13)27(39)22-17(42-4)11-18(43-5)24(32)25(22)45-31)20(14-6-8-15(9-7-14)44-12-19(33)37)23-28(34-16)35(2)30(41)36(3)29(23)40/h6-9,11,13,20,34H,10,12H2,1-5H3,(H2,33,37)/t13-,20-,31+/m1/s1. The number of benzene rings is 2. The summed E-state index contributed by atoms with van der Waals surface area (Å²) in [5, 5.41) is 3.18. The molecular formula is C31H29ClN4O9. The van der Waals surface area contributed by atoms with E-state index in [9.17, 15) is 24.0 Å². The number of methoxy groups -OCH3 is 2. The molecule has 3 N–H and O–H groups in total. The lowest BCUT2D eigenvalue weighted by Crippen LogP contribution is -2.58. The summed E-state index contributed by atoms with van der Waals surface area (Å²) in [6, 6.07) is 7.88. The molecule has 14 heteroatoms. The number of nitrogens with one attached hydrogen (secondary N) is 1. The molecular weight excluding hydrogens is 608 g/mol. The second kappa shape index (κ2) is 10.5. The zero-order chi connectivity index (χ0) is 32.5. The van der Waals surface area contributed by atoms with Crippen LogP contribution in [0.4, 0.5) is 5.82 Å². The van der Waals surface area contributed by atoms with Crippen molar-refractivity contribution < 1.29 is 33.3 Å². The number of allylic oxidation sites excluding steroid dienone is 1. The van der Waals surface area contributed by atoms with E-state index in [1.54, 1.807) is 31.2 Å². The molecule has 13 nitrogen and oxygen atoms in total. The van der Waals surface area contributed by atoms with Crippen molar-refractivity contribution >= 4 is 34.9 Å². The minimum atomic E-state index is -2.03. The van der Waals surface area contributed by atoms with Crippen LogP contribution in [0.1, 0.15) is 40.7 Å². The largest absolute Gasteiger partial charge is 0.496 e. The van der Waals surface area contributed by atoms with Crippen LogP contribution in [0, 0.1) is 5.92 Å². The van der Waals surface area contributed by atoms with E-state index < -0.39 is 46.2 Å². The minimum absolute atomic E-state index is 0.0115. The highest BCUT2D eigenvalue weighted by Gasteiger charge is 2.63. The number of nitrogens with zero attached hydrogens (tertiary/aromatic N) is 2. The van der Waals surface area contributed by atoms with Crippen molar-refractivity contribution in [3.8, 4) is 23.0 Å². The van der Waals surface area contributed by atoms with Crippen LogP contribution in [0.25, 0.3) is 0 Å². The smallest absolute Gasteiger partial charge is 0.332 e. The van der Waals surface area contributed by atoms with Crippen LogP contribution in [0.5, 0.6) is 23.0 Å². The van der Waals surface area contributed by atoms with Crippen molar-refractivity contribution in [3.05, 3.63) is 84.2 Å². The van der Waals surface area contributed by atoms with Gasteiger partial charge < -0.3 is 30.0 Å². The lowest BCUT2D eigenvalue weighted by molar-refractivity contribution is -0.130. The average molecular weight is 637 g/mol. The number of anilines is 1. The van der Waals surface area contributed by atoms with Gasteiger partial charge in [-0.2, -0.15) is 0 Å². The highest BCUT2D eigenvalue weighted by Crippen LogP contribution is 2.56. The zero-order valence-corrected chi connectivity index (χ0v) is 25.7. The summed E-state index contributed by atoms with van der Waals surface area (Å²) in [7, 11) is 5.65. The summed E-state index contributed by atoms with van der Waals surface area (Å²) in [6.45, 7) is 1.37. The number of nitrogens with two attached hydrogens (primary N) is 1. The van der Waals surface area contributed by atoms with Gasteiger partial charge in [-0.25, -0.2) is 4.79 Å². The summed E-state index contributed by atoms with van der Waals surface area (Å²) in [6.07, 6.45) is 0.150. The van der Waals surface area contributed by atoms with Gasteiger partial charge in [0.2, 0.25) is 17.2 Å². The van der Waals surface area contributed by atoms with Gasteiger partial charge in [0.15, 0.2) is 12.4 Å². The number of hydrogen-bond donors (Lipinski definition) is 2. The van der Waals surface area contributed by atoms with Crippen LogP contribution in [-0.4, -0.2) is 53.0 Å². The first-order valence-electron chi connectivity index (χ1n) is 13.9. The van der Waals surface area contributed by atoms with E-state index in [1.165, 1.54) is 38.9 Å². The Bertz CT molecular complexity index is 1980. The first-order valence-corrected chi connectivity index (χ1v) is 14.3.